The van der Waals surface area contributed by atoms with Crippen molar-refractivity contribution in [2.45, 2.75) is 63.6 Å². The molecule has 0 aliphatic rings. The fraction of sp³-hybridized carbons (Fsp3) is 0.478. The molecule has 3 aromatic rings. The van der Waals surface area contributed by atoms with Gasteiger partial charge in [0.25, 0.3) is 5.56 Å². The Morgan fingerprint density at radius 2 is 1.87 bits per heavy atom. The highest BCUT2D eigenvalue weighted by Gasteiger charge is 2.16. The number of amides is 1. The molecule has 0 unspecified atom stereocenters. The van der Waals surface area contributed by atoms with Gasteiger partial charge in [0.15, 0.2) is 5.16 Å². The maximum Gasteiger partial charge on any atom is 0.263 e. The fourth-order valence-electron chi connectivity index (χ4n) is 3.61. The summed E-state index contributed by atoms with van der Waals surface area (Å²) in [5.41, 5.74) is 0.609. The first-order valence-electron chi connectivity index (χ1n) is 11.0. The van der Waals surface area contributed by atoms with Crippen molar-refractivity contribution in [2.75, 3.05) is 12.3 Å². The van der Waals surface area contributed by atoms with E-state index < -0.39 is 0 Å². The number of nitrogens with zero attached hydrogens (tertiary/aromatic N) is 4. The Morgan fingerprint density at radius 1 is 1.13 bits per heavy atom. The van der Waals surface area contributed by atoms with E-state index in [4.69, 9.17) is 0 Å². The molecule has 166 valence electrons. The number of rotatable bonds is 13. The van der Waals surface area contributed by atoms with E-state index in [0.717, 1.165) is 18.4 Å². The third-order valence-corrected chi connectivity index (χ3v) is 6.15. The summed E-state index contributed by atoms with van der Waals surface area (Å²) in [4.78, 5) is 25.1. The highest BCUT2D eigenvalue weighted by Crippen LogP contribution is 2.21. The molecule has 3 rings (SSSR count). The van der Waals surface area contributed by atoms with Crippen molar-refractivity contribution in [1.29, 1.82) is 0 Å². The Labute approximate surface area is 186 Å². The molecule has 1 aromatic carbocycles. The highest BCUT2D eigenvalue weighted by molar-refractivity contribution is 7.99. The van der Waals surface area contributed by atoms with Crippen LogP contribution in [0, 0.1) is 0 Å². The minimum Gasteiger partial charge on any atom is -0.355 e. The van der Waals surface area contributed by atoms with E-state index >= 15 is 0 Å². The number of carbonyl (C=O) groups excluding carboxylic acids is 1. The van der Waals surface area contributed by atoms with Crippen LogP contribution in [0.1, 0.15) is 51.9 Å². The Kier molecular flexibility index (Phi) is 8.70. The van der Waals surface area contributed by atoms with Gasteiger partial charge in [-0.05, 0) is 18.6 Å². The van der Waals surface area contributed by atoms with E-state index in [0.29, 0.717) is 29.4 Å². The Bertz CT molecular complexity index is 1090. The number of carbonyl (C=O) groups is 1. The summed E-state index contributed by atoms with van der Waals surface area (Å²) in [7, 11) is 0. The van der Waals surface area contributed by atoms with Crippen molar-refractivity contribution in [3.63, 3.8) is 0 Å². The standard InChI is InChI=1S/C23H31N5O2S/c1-3-5-6-7-8-9-12-15-24-20(29)17-31-23-26-25-22-27(16-4-2)21(30)18-13-10-11-14-19(18)28(22)23/h4,10-11,13-14H,2-3,5-9,12,15-17H2,1H3,(H,24,29). The Morgan fingerprint density at radius 3 is 2.65 bits per heavy atom. The van der Waals surface area contributed by atoms with Crippen molar-refractivity contribution in [2.24, 2.45) is 0 Å². The number of unbranched alkanes of at least 4 members (excludes halogenated alkanes) is 6. The van der Waals surface area contributed by atoms with Crippen molar-refractivity contribution in [1.82, 2.24) is 24.5 Å². The van der Waals surface area contributed by atoms with Gasteiger partial charge in [-0.3, -0.25) is 18.6 Å². The molecule has 7 nitrogen and oxygen atoms in total. The Balaban J connectivity index is 1.62. The summed E-state index contributed by atoms with van der Waals surface area (Å²) in [6.45, 7) is 7.00. The number of para-hydroxylation sites is 1. The molecule has 2 heterocycles. The van der Waals surface area contributed by atoms with Crippen molar-refractivity contribution in [3.8, 4) is 0 Å². The minimum atomic E-state index is -0.126. The predicted molar refractivity (Wildman–Crippen MR) is 127 cm³/mol. The Hall–Kier alpha value is -2.61. The molecule has 0 spiro atoms. The van der Waals surface area contributed by atoms with Crippen LogP contribution >= 0.6 is 11.8 Å². The number of aromatic nitrogens is 4. The van der Waals surface area contributed by atoms with Gasteiger partial charge in [0.1, 0.15) is 0 Å². The third kappa shape index (κ3) is 5.76. The molecule has 0 aliphatic heterocycles. The molecule has 0 bridgehead atoms. The number of hydrogen-bond donors (Lipinski definition) is 1. The zero-order valence-corrected chi connectivity index (χ0v) is 19.0. The van der Waals surface area contributed by atoms with Crippen LogP contribution in [0.5, 0.6) is 0 Å². The SMILES string of the molecule is C=CCn1c(=O)c2ccccc2n2c(SCC(=O)NCCCCCCCCC)nnc12. The molecule has 1 N–H and O–H groups in total. The fourth-order valence-corrected chi connectivity index (χ4v) is 4.38. The molecule has 31 heavy (non-hydrogen) atoms. The van der Waals surface area contributed by atoms with E-state index in [-0.39, 0.29) is 17.2 Å². The van der Waals surface area contributed by atoms with Crippen molar-refractivity contribution in [3.05, 3.63) is 47.3 Å². The van der Waals surface area contributed by atoms with Gasteiger partial charge in [0, 0.05) is 13.1 Å². The lowest BCUT2D eigenvalue weighted by Crippen LogP contribution is -2.26. The number of allylic oxidation sites excluding steroid dienone is 1. The average Bonchev–Trinajstić information content (AvgIpc) is 3.21. The van der Waals surface area contributed by atoms with Gasteiger partial charge in [-0.25, -0.2) is 0 Å². The average molecular weight is 442 g/mol. The lowest BCUT2D eigenvalue weighted by Gasteiger charge is -2.09. The second-order valence-electron chi connectivity index (χ2n) is 7.60. The van der Waals surface area contributed by atoms with Crippen LogP contribution in [0.15, 0.2) is 46.9 Å². The molecule has 2 aromatic heterocycles. The first-order chi connectivity index (χ1) is 15.2. The lowest BCUT2D eigenvalue weighted by atomic mass is 10.1. The number of hydrogen-bond acceptors (Lipinski definition) is 5. The van der Waals surface area contributed by atoms with E-state index in [1.165, 1.54) is 43.9 Å². The van der Waals surface area contributed by atoms with Gasteiger partial charge >= 0.3 is 0 Å². The molecule has 0 saturated carbocycles. The molecular weight excluding hydrogens is 410 g/mol. The van der Waals surface area contributed by atoms with Crippen LogP contribution in [0.4, 0.5) is 0 Å². The second-order valence-corrected chi connectivity index (χ2v) is 8.54. The van der Waals surface area contributed by atoms with Gasteiger partial charge in [-0.1, -0.05) is 75.4 Å². The molecule has 0 aliphatic carbocycles. The predicted octanol–water partition coefficient (Wildman–Crippen LogP) is 4.19. The van der Waals surface area contributed by atoms with Gasteiger partial charge in [0.05, 0.1) is 16.7 Å². The van der Waals surface area contributed by atoms with Crippen LogP contribution in [0.2, 0.25) is 0 Å². The summed E-state index contributed by atoms with van der Waals surface area (Å²) in [6.07, 6.45) is 10.2. The first kappa shape index (κ1) is 23.1. The summed E-state index contributed by atoms with van der Waals surface area (Å²) >= 11 is 1.33. The lowest BCUT2D eigenvalue weighted by molar-refractivity contribution is -0.118. The van der Waals surface area contributed by atoms with Gasteiger partial charge in [0.2, 0.25) is 11.7 Å². The zero-order chi connectivity index (χ0) is 22.1. The molecule has 8 heteroatoms. The quantitative estimate of drug-likeness (QED) is 0.244. The summed E-state index contributed by atoms with van der Waals surface area (Å²) in [5.74, 6) is 0.692. The molecular formula is C23H31N5O2S. The zero-order valence-electron chi connectivity index (χ0n) is 18.2. The maximum atomic E-state index is 12.8. The van der Waals surface area contributed by atoms with Gasteiger partial charge < -0.3 is 5.32 Å². The van der Waals surface area contributed by atoms with Crippen LogP contribution < -0.4 is 10.9 Å². The van der Waals surface area contributed by atoms with E-state index in [2.05, 4.69) is 29.0 Å². The number of fused-ring (bicyclic) bond motifs is 3. The largest absolute Gasteiger partial charge is 0.355 e. The van der Waals surface area contributed by atoms with Gasteiger partial charge in [-0.15, -0.1) is 16.8 Å². The van der Waals surface area contributed by atoms with Crippen molar-refractivity contribution >= 4 is 34.3 Å². The normalized spacial score (nSPS) is 11.3. The van der Waals surface area contributed by atoms with E-state index in [1.807, 2.05) is 22.6 Å². The molecule has 0 fully saturated rings. The summed E-state index contributed by atoms with van der Waals surface area (Å²) in [6, 6.07) is 7.38. The molecule has 0 atom stereocenters. The van der Waals surface area contributed by atoms with Crippen LogP contribution in [0.25, 0.3) is 16.7 Å². The van der Waals surface area contributed by atoms with Crippen LogP contribution in [0.3, 0.4) is 0 Å². The third-order valence-electron chi connectivity index (χ3n) is 5.22. The molecule has 0 radical (unpaired) electrons. The molecule has 1 amide bonds. The number of nitrogens with one attached hydrogen (secondary N) is 1. The number of benzene rings is 1. The second kappa shape index (κ2) is 11.7. The van der Waals surface area contributed by atoms with Crippen molar-refractivity contribution < 1.29 is 4.79 Å². The van der Waals surface area contributed by atoms with E-state index in [1.54, 1.807) is 16.7 Å². The maximum absolute atomic E-state index is 12.8. The first-order valence-corrected chi connectivity index (χ1v) is 12.0. The summed E-state index contributed by atoms with van der Waals surface area (Å²) < 4.78 is 3.39. The smallest absolute Gasteiger partial charge is 0.263 e. The van der Waals surface area contributed by atoms with E-state index in [9.17, 15) is 9.59 Å². The van der Waals surface area contributed by atoms with Crippen LogP contribution in [-0.4, -0.2) is 37.4 Å². The monoisotopic (exact) mass is 441 g/mol. The van der Waals surface area contributed by atoms with Crippen LogP contribution in [-0.2, 0) is 11.3 Å². The van der Waals surface area contributed by atoms with Gasteiger partial charge in [-0.2, -0.15) is 0 Å². The topological polar surface area (TPSA) is 81.3 Å². The minimum absolute atomic E-state index is 0.0172. The summed E-state index contributed by atoms with van der Waals surface area (Å²) in [5, 5.41) is 12.6. The molecule has 0 saturated heterocycles. The highest BCUT2D eigenvalue weighted by atomic mass is 32.2. The number of thioether (sulfide) groups is 1.